The molecule has 1 heterocycles. The lowest BCUT2D eigenvalue weighted by Gasteiger charge is -2.18. The van der Waals surface area contributed by atoms with Gasteiger partial charge in [0.1, 0.15) is 5.75 Å². The van der Waals surface area contributed by atoms with Crippen molar-refractivity contribution in [2.75, 3.05) is 25.1 Å². The van der Waals surface area contributed by atoms with Crippen molar-refractivity contribution in [1.82, 2.24) is 5.32 Å². The molecule has 0 radical (unpaired) electrons. The summed E-state index contributed by atoms with van der Waals surface area (Å²) in [5.41, 5.74) is 0.979. The third kappa shape index (κ3) is 3.45. The molecule has 0 aliphatic carbocycles. The van der Waals surface area contributed by atoms with E-state index in [1.807, 2.05) is 0 Å². The Hall–Kier alpha value is -2.08. The van der Waals surface area contributed by atoms with Crippen LogP contribution in [0.1, 0.15) is 23.2 Å². The van der Waals surface area contributed by atoms with E-state index in [2.05, 4.69) is 10.6 Å². The highest BCUT2D eigenvalue weighted by Gasteiger charge is 2.17. The van der Waals surface area contributed by atoms with Crippen LogP contribution in [0.15, 0.2) is 18.2 Å². The average molecular weight is 264 g/mol. The van der Waals surface area contributed by atoms with Crippen molar-refractivity contribution in [3.63, 3.8) is 0 Å². The molecule has 102 valence electrons. The molecule has 0 saturated heterocycles. The molecule has 0 bridgehead atoms. The highest BCUT2D eigenvalue weighted by atomic mass is 16.5. The summed E-state index contributed by atoms with van der Waals surface area (Å²) < 4.78 is 5.21. The highest BCUT2D eigenvalue weighted by molar-refractivity contribution is 5.99. The summed E-state index contributed by atoms with van der Waals surface area (Å²) in [6.45, 7) is 0.636. The van der Waals surface area contributed by atoms with E-state index in [0.717, 1.165) is 6.42 Å². The Bertz CT molecular complexity index is 488. The molecule has 1 aliphatic heterocycles. The van der Waals surface area contributed by atoms with Crippen LogP contribution in [0, 0.1) is 0 Å². The maximum absolute atomic E-state index is 11.8. The molecule has 0 fully saturated rings. The lowest BCUT2D eigenvalue weighted by atomic mass is 10.1. The fourth-order valence-corrected chi connectivity index (χ4v) is 1.77. The van der Waals surface area contributed by atoms with E-state index in [4.69, 9.17) is 9.84 Å². The van der Waals surface area contributed by atoms with Crippen molar-refractivity contribution in [2.24, 2.45) is 0 Å². The number of carbonyl (C=O) groups is 2. The van der Waals surface area contributed by atoms with Crippen molar-refractivity contribution in [3.05, 3.63) is 23.8 Å². The van der Waals surface area contributed by atoms with Crippen LogP contribution in [-0.2, 0) is 4.79 Å². The smallest absolute Gasteiger partial charge is 0.262 e. The molecular formula is C13H16N2O4. The van der Waals surface area contributed by atoms with Gasteiger partial charge in [-0.3, -0.25) is 9.59 Å². The number of fused-ring (bicyclic) bond motifs is 1. The SMILES string of the molecule is O=C1COc2ccc(C(=O)NCCCCO)cc2N1. The minimum absolute atomic E-state index is 0.000295. The first-order valence-electron chi connectivity index (χ1n) is 6.16. The van der Waals surface area contributed by atoms with Crippen molar-refractivity contribution in [1.29, 1.82) is 0 Å². The Morgan fingerprint density at radius 2 is 2.26 bits per heavy atom. The number of nitrogens with one attached hydrogen (secondary N) is 2. The first kappa shape index (κ1) is 13.4. The second-order valence-corrected chi connectivity index (χ2v) is 4.23. The molecule has 0 spiro atoms. The van der Waals surface area contributed by atoms with Gasteiger partial charge in [-0.05, 0) is 31.0 Å². The van der Waals surface area contributed by atoms with Crippen molar-refractivity contribution >= 4 is 17.5 Å². The molecule has 1 aromatic rings. The third-order valence-electron chi connectivity index (χ3n) is 2.75. The maximum atomic E-state index is 11.8. The molecule has 1 aromatic carbocycles. The molecule has 2 rings (SSSR count). The van der Waals surface area contributed by atoms with E-state index in [0.29, 0.717) is 30.0 Å². The Kier molecular flexibility index (Phi) is 4.35. The minimum atomic E-state index is -0.229. The lowest BCUT2D eigenvalue weighted by molar-refractivity contribution is -0.118. The van der Waals surface area contributed by atoms with E-state index in [1.54, 1.807) is 18.2 Å². The van der Waals surface area contributed by atoms with Gasteiger partial charge in [0.2, 0.25) is 0 Å². The second-order valence-electron chi connectivity index (χ2n) is 4.23. The first-order valence-corrected chi connectivity index (χ1v) is 6.16. The molecule has 1 aliphatic rings. The number of unbranched alkanes of at least 4 members (excludes halogenated alkanes) is 1. The van der Waals surface area contributed by atoms with Crippen molar-refractivity contribution in [2.45, 2.75) is 12.8 Å². The largest absolute Gasteiger partial charge is 0.482 e. The van der Waals surface area contributed by atoms with Crippen LogP contribution in [0.3, 0.4) is 0 Å². The average Bonchev–Trinajstić information content (AvgIpc) is 2.42. The molecule has 0 aromatic heterocycles. The molecule has 2 amide bonds. The van der Waals surface area contributed by atoms with Gasteiger partial charge in [0.25, 0.3) is 11.8 Å². The molecule has 6 heteroatoms. The van der Waals surface area contributed by atoms with Gasteiger partial charge in [-0.2, -0.15) is 0 Å². The second kappa shape index (κ2) is 6.19. The quantitative estimate of drug-likeness (QED) is 0.677. The first-order chi connectivity index (χ1) is 9.20. The maximum Gasteiger partial charge on any atom is 0.262 e. The topological polar surface area (TPSA) is 87.7 Å². The number of benzene rings is 1. The number of hydrogen-bond donors (Lipinski definition) is 3. The van der Waals surface area contributed by atoms with Crippen molar-refractivity contribution in [3.8, 4) is 5.75 Å². The summed E-state index contributed by atoms with van der Waals surface area (Å²) in [5.74, 6) is 0.130. The van der Waals surface area contributed by atoms with Gasteiger partial charge in [0.15, 0.2) is 6.61 Å². The zero-order valence-electron chi connectivity index (χ0n) is 10.4. The van der Waals surface area contributed by atoms with Crippen LogP contribution in [0.5, 0.6) is 5.75 Å². The fraction of sp³-hybridized carbons (Fsp3) is 0.385. The normalized spacial score (nSPS) is 13.2. The summed E-state index contributed by atoms with van der Waals surface area (Å²) >= 11 is 0. The van der Waals surface area contributed by atoms with Gasteiger partial charge in [-0.25, -0.2) is 0 Å². The molecule has 3 N–H and O–H groups in total. The number of amides is 2. The van der Waals surface area contributed by atoms with Crippen LogP contribution in [0.25, 0.3) is 0 Å². The highest BCUT2D eigenvalue weighted by Crippen LogP contribution is 2.28. The van der Waals surface area contributed by atoms with Crippen LogP contribution >= 0.6 is 0 Å². The minimum Gasteiger partial charge on any atom is -0.482 e. The van der Waals surface area contributed by atoms with Crippen LogP contribution in [0.2, 0.25) is 0 Å². The van der Waals surface area contributed by atoms with Crippen molar-refractivity contribution < 1.29 is 19.4 Å². The number of hydrogen-bond acceptors (Lipinski definition) is 4. The van der Waals surface area contributed by atoms with Crippen LogP contribution < -0.4 is 15.4 Å². The fourth-order valence-electron chi connectivity index (χ4n) is 1.77. The predicted octanol–water partition coefficient (Wildman–Crippen LogP) is 0.520. The number of carbonyl (C=O) groups excluding carboxylic acids is 2. The number of aliphatic hydroxyl groups excluding tert-OH is 1. The third-order valence-corrected chi connectivity index (χ3v) is 2.75. The number of ether oxygens (including phenoxy) is 1. The summed E-state index contributed by atoms with van der Waals surface area (Å²) in [7, 11) is 0. The summed E-state index contributed by atoms with van der Waals surface area (Å²) in [6.07, 6.45) is 1.39. The molecule has 19 heavy (non-hydrogen) atoms. The number of aliphatic hydroxyl groups is 1. The van der Waals surface area contributed by atoms with Crippen LogP contribution in [0.4, 0.5) is 5.69 Å². The van der Waals surface area contributed by atoms with Gasteiger partial charge in [0.05, 0.1) is 5.69 Å². The van der Waals surface area contributed by atoms with Gasteiger partial charge < -0.3 is 20.5 Å². The molecular weight excluding hydrogens is 248 g/mol. The Morgan fingerprint density at radius 1 is 1.42 bits per heavy atom. The number of anilines is 1. The van der Waals surface area contributed by atoms with E-state index in [1.165, 1.54) is 0 Å². The molecule has 0 unspecified atom stereocenters. The Balaban J connectivity index is 1.99. The zero-order valence-corrected chi connectivity index (χ0v) is 10.4. The molecule has 6 nitrogen and oxygen atoms in total. The standard InChI is InChI=1S/C13H16N2O4/c16-6-2-1-5-14-13(18)9-3-4-11-10(7-9)15-12(17)8-19-11/h3-4,7,16H,1-2,5-6,8H2,(H,14,18)(H,15,17). The van der Waals surface area contributed by atoms with Gasteiger partial charge >= 0.3 is 0 Å². The van der Waals surface area contributed by atoms with Gasteiger partial charge in [0, 0.05) is 18.7 Å². The lowest BCUT2D eigenvalue weighted by Crippen LogP contribution is -2.27. The van der Waals surface area contributed by atoms with Crippen LogP contribution in [-0.4, -0.2) is 36.7 Å². The molecule has 0 atom stereocenters. The summed E-state index contributed by atoms with van der Waals surface area (Å²) in [5, 5.41) is 14.0. The van der Waals surface area contributed by atoms with E-state index >= 15 is 0 Å². The van der Waals surface area contributed by atoms with E-state index in [-0.39, 0.29) is 25.0 Å². The zero-order chi connectivity index (χ0) is 13.7. The molecule has 0 saturated carbocycles. The van der Waals surface area contributed by atoms with Gasteiger partial charge in [-0.15, -0.1) is 0 Å². The number of rotatable bonds is 5. The Labute approximate surface area is 110 Å². The Morgan fingerprint density at radius 3 is 3.05 bits per heavy atom. The van der Waals surface area contributed by atoms with Gasteiger partial charge in [-0.1, -0.05) is 0 Å². The summed E-state index contributed by atoms with van der Waals surface area (Å²) in [6, 6.07) is 4.91. The summed E-state index contributed by atoms with van der Waals surface area (Å²) in [4.78, 5) is 23.0. The monoisotopic (exact) mass is 264 g/mol. The van der Waals surface area contributed by atoms with E-state index in [9.17, 15) is 9.59 Å². The predicted molar refractivity (Wildman–Crippen MR) is 69.2 cm³/mol. The van der Waals surface area contributed by atoms with E-state index < -0.39 is 0 Å².